The first-order valence-electron chi connectivity index (χ1n) is 9.85. The molecule has 0 atom stereocenters. The first-order valence-corrected chi connectivity index (χ1v) is 9.85. The number of carbonyl (C=O) groups excluding carboxylic acids is 2. The van der Waals surface area contributed by atoms with Crippen LogP contribution in [0.4, 0.5) is 0 Å². The van der Waals surface area contributed by atoms with Crippen LogP contribution in [-0.2, 0) is 6.42 Å². The Bertz CT molecular complexity index is 1360. The average Bonchev–Trinajstić information content (AvgIpc) is 2.75. The van der Waals surface area contributed by atoms with E-state index in [1.807, 2.05) is 6.92 Å². The van der Waals surface area contributed by atoms with E-state index in [1.165, 1.54) is 27.4 Å². The SMILES string of the molecule is COc1cc2c(cc1OC)C(=O)C(c1coc3cc(C)c(C)c(C(C)=O)c3c1=O)=CC2. The number of Topliss-reactive ketones (excluding diaryl/α,β-unsaturated/α-hetero) is 2. The topological polar surface area (TPSA) is 82.8 Å². The van der Waals surface area contributed by atoms with Crippen molar-refractivity contribution in [2.75, 3.05) is 14.2 Å². The van der Waals surface area contributed by atoms with Crippen LogP contribution in [0.15, 0.2) is 39.7 Å². The number of benzene rings is 2. The Morgan fingerprint density at radius 3 is 2.32 bits per heavy atom. The van der Waals surface area contributed by atoms with Crippen LogP contribution in [0.2, 0.25) is 0 Å². The molecule has 0 aliphatic heterocycles. The van der Waals surface area contributed by atoms with Crippen molar-refractivity contribution in [1.82, 2.24) is 0 Å². The maximum atomic E-state index is 13.4. The number of hydrogen-bond donors (Lipinski definition) is 0. The van der Waals surface area contributed by atoms with Gasteiger partial charge in [-0.1, -0.05) is 6.08 Å². The Labute approximate surface area is 179 Å². The molecule has 1 aromatic heterocycles. The quantitative estimate of drug-likeness (QED) is 0.582. The van der Waals surface area contributed by atoms with Crippen LogP contribution in [-0.4, -0.2) is 25.8 Å². The Balaban J connectivity index is 1.93. The Morgan fingerprint density at radius 2 is 1.68 bits per heavy atom. The summed E-state index contributed by atoms with van der Waals surface area (Å²) < 4.78 is 16.4. The fourth-order valence-corrected chi connectivity index (χ4v) is 4.12. The lowest BCUT2D eigenvalue weighted by Gasteiger charge is -2.19. The monoisotopic (exact) mass is 418 g/mol. The lowest BCUT2D eigenvalue weighted by Crippen LogP contribution is -2.19. The van der Waals surface area contributed by atoms with E-state index in [4.69, 9.17) is 13.9 Å². The summed E-state index contributed by atoms with van der Waals surface area (Å²) in [5.41, 5.74) is 3.49. The third-order valence-electron chi connectivity index (χ3n) is 5.85. The van der Waals surface area contributed by atoms with Gasteiger partial charge in [-0.05, 0) is 62.1 Å². The summed E-state index contributed by atoms with van der Waals surface area (Å²) in [7, 11) is 3.03. The summed E-state index contributed by atoms with van der Waals surface area (Å²) in [5, 5.41) is 0.208. The standard InChI is InChI=1S/C25H22O6/c1-12-8-21-23(22(13(12)2)14(3)26)25(28)18(11-31-21)16-7-6-15-9-19(29-4)20(30-5)10-17(15)24(16)27/h7-11H,6H2,1-5H3. The van der Waals surface area contributed by atoms with Gasteiger partial charge < -0.3 is 13.9 Å². The summed E-state index contributed by atoms with van der Waals surface area (Å²) in [6, 6.07) is 5.13. The van der Waals surface area contributed by atoms with Crippen molar-refractivity contribution >= 4 is 28.1 Å². The van der Waals surface area contributed by atoms with Gasteiger partial charge in [-0.15, -0.1) is 0 Å². The zero-order valence-corrected chi connectivity index (χ0v) is 18.0. The molecule has 158 valence electrons. The van der Waals surface area contributed by atoms with E-state index >= 15 is 0 Å². The van der Waals surface area contributed by atoms with Crippen LogP contribution >= 0.6 is 0 Å². The third-order valence-corrected chi connectivity index (χ3v) is 5.85. The summed E-state index contributed by atoms with van der Waals surface area (Å²) in [5.74, 6) is 0.447. The molecule has 0 saturated carbocycles. The first kappa shape index (κ1) is 20.6. The van der Waals surface area contributed by atoms with Crippen molar-refractivity contribution in [3.8, 4) is 11.5 Å². The Morgan fingerprint density at radius 1 is 1.00 bits per heavy atom. The minimum absolute atomic E-state index is 0.142. The van der Waals surface area contributed by atoms with Gasteiger partial charge in [0.1, 0.15) is 11.8 Å². The van der Waals surface area contributed by atoms with E-state index in [1.54, 1.807) is 31.2 Å². The molecule has 0 bridgehead atoms. The molecule has 4 rings (SSSR count). The van der Waals surface area contributed by atoms with Crippen molar-refractivity contribution in [3.63, 3.8) is 0 Å². The smallest absolute Gasteiger partial charge is 0.201 e. The molecule has 31 heavy (non-hydrogen) atoms. The van der Waals surface area contributed by atoms with E-state index in [9.17, 15) is 14.4 Å². The molecule has 0 saturated heterocycles. The molecule has 1 aliphatic rings. The van der Waals surface area contributed by atoms with Gasteiger partial charge in [-0.2, -0.15) is 0 Å². The Hall–Kier alpha value is -3.67. The average molecular weight is 418 g/mol. The zero-order chi connectivity index (χ0) is 22.4. The summed E-state index contributed by atoms with van der Waals surface area (Å²) >= 11 is 0. The number of rotatable bonds is 4. The summed E-state index contributed by atoms with van der Waals surface area (Å²) in [6.07, 6.45) is 3.46. The highest BCUT2D eigenvalue weighted by Crippen LogP contribution is 2.36. The van der Waals surface area contributed by atoms with Gasteiger partial charge in [-0.3, -0.25) is 14.4 Å². The molecule has 3 aromatic rings. The largest absolute Gasteiger partial charge is 0.493 e. The minimum atomic E-state index is -0.391. The van der Waals surface area contributed by atoms with E-state index in [2.05, 4.69) is 0 Å². The summed E-state index contributed by atoms with van der Waals surface area (Å²) in [6.45, 7) is 5.09. The molecule has 2 aromatic carbocycles. The number of fused-ring (bicyclic) bond motifs is 2. The number of carbonyl (C=O) groups is 2. The molecule has 1 aliphatic carbocycles. The molecule has 0 unspecified atom stereocenters. The number of allylic oxidation sites excluding steroid dienone is 2. The van der Waals surface area contributed by atoms with Gasteiger partial charge in [0.05, 0.1) is 25.2 Å². The minimum Gasteiger partial charge on any atom is -0.493 e. The van der Waals surface area contributed by atoms with Gasteiger partial charge in [0, 0.05) is 16.7 Å². The summed E-state index contributed by atoms with van der Waals surface area (Å²) in [4.78, 5) is 39.1. The second-order valence-corrected chi connectivity index (χ2v) is 7.62. The van der Waals surface area contributed by atoms with Crippen LogP contribution in [0.25, 0.3) is 16.5 Å². The molecule has 0 radical (unpaired) electrons. The molecule has 0 N–H and O–H groups in total. The maximum absolute atomic E-state index is 13.4. The molecule has 6 heteroatoms. The van der Waals surface area contributed by atoms with Crippen molar-refractivity contribution in [2.24, 2.45) is 0 Å². The van der Waals surface area contributed by atoms with Gasteiger partial charge >= 0.3 is 0 Å². The highest BCUT2D eigenvalue weighted by atomic mass is 16.5. The first-order chi connectivity index (χ1) is 14.8. The molecule has 0 spiro atoms. The number of aryl methyl sites for hydroxylation is 1. The van der Waals surface area contributed by atoms with Crippen LogP contribution in [0.3, 0.4) is 0 Å². The zero-order valence-electron chi connectivity index (χ0n) is 18.0. The van der Waals surface area contributed by atoms with Crippen LogP contribution in [0.5, 0.6) is 11.5 Å². The second-order valence-electron chi connectivity index (χ2n) is 7.62. The van der Waals surface area contributed by atoms with Crippen LogP contribution in [0, 0.1) is 13.8 Å². The fourth-order valence-electron chi connectivity index (χ4n) is 4.12. The Kier molecular flexibility index (Phi) is 5.01. The molecule has 0 amide bonds. The predicted octanol–water partition coefficient (Wildman–Crippen LogP) is 4.45. The number of ketones is 2. The fraction of sp³-hybridized carbons (Fsp3) is 0.240. The van der Waals surface area contributed by atoms with Gasteiger partial charge in [0.2, 0.25) is 5.43 Å². The molecular formula is C25H22O6. The lowest BCUT2D eigenvalue weighted by atomic mass is 9.86. The van der Waals surface area contributed by atoms with Gasteiger partial charge in [0.15, 0.2) is 23.1 Å². The molecule has 0 fully saturated rings. The highest BCUT2D eigenvalue weighted by Gasteiger charge is 2.27. The normalized spacial score (nSPS) is 13.1. The lowest BCUT2D eigenvalue weighted by molar-refractivity contribution is 0.101. The predicted molar refractivity (Wildman–Crippen MR) is 118 cm³/mol. The van der Waals surface area contributed by atoms with Crippen molar-refractivity contribution in [1.29, 1.82) is 0 Å². The van der Waals surface area contributed by atoms with Crippen molar-refractivity contribution < 1.29 is 23.5 Å². The van der Waals surface area contributed by atoms with Crippen molar-refractivity contribution in [3.05, 3.63) is 74.1 Å². The van der Waals surface area contributed by atoms with Gasteiger partial charge in [-0.25, -0.2) is 0 Å². The van der Waals surface area contributed by atoms with E-state index in [0.717, 1.165) is 16.7 Å². The third kappa shape index (κ3) is 3.15. The number of methoxy groups -OCH3 is 2. The number of hydrogen-bond acceptors (Lipinski definition) is 6. The van der Waals surface area contributed by atoms with E-state index in [-0.39, 0.29) is 28.1 Å². The van der Waals surface area contributed by atoms with Crippen molar-refractivity contribution in [2.45, 2.75) is 27.2 Å². The maximum Gasteiger partial charge on any atom is 0.201 e. The van der Waals surface area contributed by atoms with E-state index in [0.29, 0.717) is 34.6 Å². The molecular weight excluding hydrogens is 396 g/mol. The van der Waals surface area contributed by atoms with E-state index < -0.39 is 5.43 Å². The van der Waals surface area contributed by atoms with Gasteiger partial charge in [0.25, 0.3) is 0 Å². The number of ether oxygens (including phenoxy) is 2. The van der Waals surface area contributed by atoms with Crippen LogP contribution in [0.1, 0.15) is 49.9 Å². The highest BCUT2D eigenvalue weighted by molar-refractivity contribution is 6.30. The second kappa shape index (κ2) is 7.54. The molecule has 6 nitrogen and oxygen atoms in total. The van der Waals surface area contributed by atoms with Crippen LogP contribution < -0.4 is 14.9 Å². The molecule has 1 heterocycles.